The SMILES string of the molecule is O=C(O)NC[C@H]1CC[C@@H](C(O)CCc2ccccc2)CC1. The molecule has 0 saturated heterocycles. The molecule has 1 atom stereocenters. The number of nitrogens with one attached hydrogen (secondary N) is 1. The first-order valence-corrected chi connectivity index (χ1v) is 7.84. The number of hydrogen-bond donors (Lipinski definition) is 3. The first kappa shape index (κ1) is 15.8. The zero-order valence-corrected chi connectivity index (χ0v) is 12.4. The van der Waals surface area contributed by atoms with Crippen LogP contribution in [0.5, 0.6) is 0 Å². The third-order valence-electron chi connectivity index (χ3n) is 4.55. The molecule has 3 N–H and O–H groups in total. The van der Waals surface area contributed by atoms with Crippen molar-refractivity contribution in [2.75, 3.05) is 6.54 Å². The number of rotatable bonds is 6. The Labute approximate surface area is 126 Å². The molecule has 21 heavy (non-hydrogen) atoms. The molecule has 116 valence electrons. The highest BCUT2D eigenvalue weighted by Crippen LogP contribution is 2.31. The summed E-state index contributed by atoms with van der Waals surface area (Å²) in [6.07, 6.45) is 4.57. The van der Waals surface area contributed by atoms with Crippen LogP contribution in [-0.4, -0.2) is 29.0 Å². The second kappa shape index (κ2) is 8.03. The molecule has 1 fully saturated rings. The molecule has 0 bridgehead atoms. The summed E-state index contributed by atoms with van der Waals surface area (Å²) >= 11 is 0. The molecule has 1 amide bonds. The van der Waals surface area contributed by atoms with E-state index >= 15 is 0 Å². The van der Waals surface area contributed by atoms with Crippen molar-refractivity contribution in [3.63, 3.8) is 0 Å². The molecule has 0 heterocycles. The first-order valence-electron chi connectivity index (χ1n) is 7.84. The van der Waals surface area contributed by atoms with Crippen LogP contribution >= 0.6 is 0 Å². The lowest BCUT2D eigenvalue weighted by atomic mass is 9.78. The Morgan fingerprint density at radius 2 is 1.86 bits per heavy atom. The van der Waals surface area contributed by atoms with Crippen LogP contribution in [0.3, 0.4) is 0 Å². The van der Waals surface area contributed by atoms with E-state index in [1.54, 1.807) is 0 Å². The fourth-order valence-corrected chi connectivity index (χ4v) is 3.20. The molecule has 1 aromatic carbocycles. The number of carbonyl (C=O) groups is 1. The van der Waals surface area contributed by atoms with Crippen molar-refractivity contribution in [2.45, 2.75) is 44.6 Å². The van der Waals surface area contributed by atoms with Gasteiger partial charge in [-0.2, -0.15) is 0 Å². The number of aliphatic hydroxyl groups excluding tert-OH is 1. The monoisotopic (exact) mass is 291 g/mol. The lowest BCUT2D eigenvalue weighted by molar-refractivity contribution is 0.0669. The van der Waals surface area contributed by atoms with Crippen LogP contribution in [0.2, 0.25) is 0 Å². The van der Waals surface area contributed by atoms with E-state index in [1.165, 1.54) is 5.56 Å². The second-order valence-electron chi connectivity index (χ2n) is 6.06. The van der Waals surface area contributed by atoms with Crippen molar-refractivity contribution in [2.24, 2.45) is 11.8 Å². The average Bonchev–Trinajstić information content (AvgIpc) is 2.52. The van der Waals surface area contributed by atoms with E-state index in [1.807, 2.05) is 18.2 Å². The van der Waals surface area contributed by atoms with E-state index in [4.69, 9.17) is 5.11 Å². The van der Waals surface area contributed by atoms with Crippen molar-refractivity contribution in [1.29, 1.82) is 0 Å². The minimum atomic E-state index is -0.944. The number of aliphatic hydroxyl groups is 1. The summed E-state index contributed by atoms with van der Waals surface area (Å²) in [4.78, 5) is 10.5. The smallest absolute Gasteiger partial charge is 0.404 e. The Morgan fingerprint density at radius 3 is 2.48 bits per heavy atom. The van der Waals surface area contributed by atoms with Gasteiger partial charge in [-0.05, 0) is 55.9 Å². The molecule has 0 spiro atoms. The molecule has 4 heteroatoms. The molecule has 4 nitrogen and oxygen atoms in total. The Morgan fingerprint density at radius 1 is 1.19 bits per heavy atom. The number of benzene rings is 1. The van der Waals surface area contributed by atoms with Gasteiger partial charge in [0, 0.05) is 6.54 Å². The molecule has 1 saturated carbocycles. The van der Waals surface area contributed by atoms with Gasteiger partial charge in [-0.25, -0.2) is 4.79 Å². The van der Waals surface area contributed by atoms with Crippen LogP contribution in [-0.2, 0) is 6.42 Å². The van der Waals surface area contributed by atoms with Crippen LogP contribution in [0.25, 0.3) is 0 Å². The van der Waals surface area contributed by atoms with Crippen LogP contribution < -0.4 is 5.32 Å². The lowest BCUT2D eigenvalue weighted by Crippen LogP contribution is -2.32. The van der Waals surface area contributed by atoms with Gasteiger partial charge in [-0.15, -0.1) is 0 Å². The molecule has 0 aromatic heterocycles. The normalized spacial score (nSPS) is 23.5. The molecule has 0 radical (unpaired) electrons. The van der Waals surface area contributed by atoms with Crippen molar-refractivity contribution in [3.05, 3.63) is 35.9 Å². The van der Waals surface area contributed by atoms with Crippen molar-refractivity contribution in [1.82, 2.24) is 5.32 Å². The van der Waals surface area contributed by atoms with Crippen LogP contribution in [0, 0.1) is 11.8 Å². The van der Waals surface area contributed by atoms with Crippen LogP contribution in [0.1, 0.15) is 37.7 Å². The van der Waals surface area contributed by atoms with E-state index < -0.39 is 6.09 Å². The van der Waals surface area contributed by atoms with Gasteiger partial charge in [-0.1, -0.05) is 30.3 Å². The number of aryl methyl sites for hydroxylation is 1. The maximum Gasteiger partial charge on any atom is 0.404 e. The Bertz CT molecular complexity index is 427. The summed E-state index contributed by atoms with van der Waals surface area (Å²) in [5.41, 5.74) is 1.27. The lowest BCUT2D eigenvalue weighted by Gasteiger charge is -2.31. The maximum absolute atomic E-state index is 10.5. The predicted octanol–water partition coefficient (Wildman–Crippen LogP) is 3.05. The number of hydrogen-bond acceptors (Lipinski definition) is 2. The molecule has 1 aromatic rings. The van der Waals surface area contributed by atoms with Gasteiger partial charge in [0.05, 0.1) is 6.10 Å². The quantitative estimate of drug-likeness (QED) is 0.754. The van der Waals surface area contributed by atoms with Gasteiger partial charge in [0.15, 0.2) is 0 Å². The van der Waals surface area contributed by atoms with Gasteiger partial charge < -0.3 is 15.5 Å². The van der Waals surface area contributed by atoms with E-state index in [0.29, 0.717) is 18.4 Å². The number of amides is 1. The summed E-state index contributed by atoms with van der Waals surface area (Å²) in [5, 5.41) is 21.4. The fourth-order valence-electron chi connectivity index (χ4n) is 3.20. The van der Waals surface area contributed by atoms with Crippen LogP contribution in [0.15, 0.2) is 30.3 Å². The summed E-state index contributed by atoms with van der Waals surface area (Å²) in [5.74, 6) is 0.800. The molecule has 1 aliphatic carbocycles. The maximum atomic E-state index is 10.5. The topological polar surface area (TPSA) is 69.6 Å². The Kier molecular flexibility index (Phi) is 6.05. The average molecular weight is 291 g/mol. The van der Waals surface area contributed by atoms with Gasteiger partial charge in [0.2, 0.25) is 0 Å². The zero-order chi connectivity index (χ0) is 15.1. The fraction of sp³-hybridized carbons (Fsp3) is 0.588. The highest BCUT2D eigenvalue weighted by molar-refractivity contribution is 5.64. The van der Waals surface area contributed by atoms with E-state index in [0.717, 1.165) is 38.5 Å². The molecule has 2 rings (SSSR count). The Hall–Kier alpha value is -1.55. The standard InChI is InChI=1S/C17H25NO3/c19-16(11-8-13-4-2-1-3-5-13)15-9-6-14(7-10-15)12-18-17(20)21/h1-5,14-16,18-19H,6-12H2,(H,20,21)/t14-,15+,16?. The number of carboxylic acid groups (broad SMARTS) is 1. The molecule has 1 unspecified atom stereocenters. The Balaban J connectivity index is 1.68. The highest BCUT2D eigenvalue weighted by atomic mass is 16.4. The minimum Gasteiger partial charge on any atom is -0.465 e. The molecule has 0 aliphatic heterocycles. The van der Waals surface area contributed by atoms with Crippen molar-refractivity contribution < 1.29 is 15.0 Å². The molecular formula is C17H25NO3. The third kappa shape index (κ3) is 5.38. The molecular weight excluding hydrogens is 266 g/mol. The van der Waals surface area contributed by atoms with E-state index in [2.05, 4.69) is 17.4 Å². The zero-order valence-electron chi connectivity index (χ0n) is 12.4. The van der Waals surface area contributed by atoms with E-state index in [-0.39, 0.29) is 6.10 Å². The highest BCUT2D eigenvalue weighted by Gasteiger charge is 2.26. The van der Waals surface area contributed by atoms with Gasteiger partial charge in [-0.3, -0.25) is 0 Å². The van der Waals surface area contributed by atoms with E-state index in [9.17, 15) is 9.90 Å². The van der Waals surface area contributed by atoms with Gasteiger partial charge in [0.1, 0.15) is 0 Å². The summed E-state index contributed by atoms with van der Waals surface area (Å²) < 4.78 is 0. The summed E-state index contributed by atoms with van der Waals surface area (Å²) in [7, 11) is 0. The summed E-state index contributed by atoms with van der Waals surface area (Å²) in [6, 6.07) is 10.3. The minimum absolute atomic E-state index is 0.237. The second-order valence-corrected chi connectivity index (χ2v) is 6.06. The van der Waals surface area contributed by atoms with Crippen molar-refractivity contribution in [3.8, 4) is 0 Å². The molecule has 1 aliphatic rings. The summed E-state index contributed by atoms with van der Waals surface area (Å²) in [6.45, 7) is 0.544. The largest absolute Gasteiger partial charge is 0.465 e. The third-order valence-corrected chi connectivity index (χ3v) is 4.55. The predicted molar refractivity (Wildman–Crippen MR) is 82.2 cm³/mol. The van der Waals surface area contributed by atoms with Gasteiger partial charge >= 0.3 is 6.09 Å². The van der Waals surface area contributed by atoms with Gasteiger partial charge in [0.25, 0.3) is 0 Å². The van der Waals surface area contributed by atoms with Crippen LogP contribution in [0.4, 0.5) is 4.79 Å². The first-order chi connectivity index (χ1) is 10.1. The van der Waals surface area contributed by atoms with Crippen molar-refractivity contribution >= 4 is 6.09 Å².